The van der Waals surface area contributed by atoms with Gasteiger partial charge in [-0.25, -0.2) is 0 Å². The highest BCUT2D eigenvalue weighted by Crippen LogP contribution is 2.22. The largest absolute Gasteiger partial charge is 0.353 e. The van der Waals surface area contributed by atoms with Gasteiger partial charge >= 0.3 is 0 Å². The van der Waals surface area contributed by atoms with E-state index in [4.69, 9.17) is 0 Å². The summed E-state index contributed by atoms with van der Waals surface area (Å²) in [6.45, 7) is 7.82. The monoisotopic (exact) mass is 396 g/mol. The Balaban J connectivity index is 1.48. The van der Waals surface area contributed by atoms with E-state index < -0.39 is 0 Å². The number of hydrogen-bond acceptors (Lipinski definition) is 3. The van der Waals surface area contributed by atoms with Gasteiger partial charge in [-0.1, -0.05) is 38.1 Å². The molecule has 2 heterocycles. The molecular weight excluding hydrogens is 364 g/mol. The molecule has 0 unspecified atom stereocenters. The van der Waals surface area contributed by atoms with Gasteiger partial charge in [-0.3, -0.25) is 14.3 Å². The molecule has 0 saturated carbocycles. The fourth-order valence-corrected chi connectivity index (χ4v) is 4.02. The third-order valence-corrected chi connectivity index (χ3v) is 5.95. The van der Waals surface area contributed by atoms with Crippen molar-refractivity contribution in [2.45, 2.75) is 52.0 Å². The van der Waals surface area contributed by atoms with Crippen molar-refractivity contribution in [1.82, 2.24) is 20.0 Å². The summed E-state index contributed by atoms with van der Waals surface area (Å²) in [4.78, 5) is 27.0. The second-order valence-corrected chi connectivity index (χ2v) is 8.40. The van der Waals surface area contributed by atoms with Gasteiger partial charge in [0.05, 0.1) is 6.42 Å². The van der Waals surface area contributed by atoms with Crippen molar-refractivity contribution in [2.75, 3.05) is 13.1 Å². The lowest BCUT2D eigenvalue weighted by molar-refractivity contribution is -0.121. The van der Waals surface area contributed by atoms with Gasteiger partial charge in [-0.15, -0.1) is 0 Å². The fourth-order valence-electron chi connectivity index (χ4n) is 4.02. The molecule has 3 rings (SSSR count). The summed E-state index contributed by atoms with van der Waals surface area (Å²) in [6, 6.07) is 10.1. The van der Waals surface area contributed by atoms with Crippen LogP contribution in [-0.2, 0) is 18.3 Å². The SMILES string of the molecule is CC(C)c1cccc(CC(=O)N[C@H](C)C2CCN(C(=O)c3ccnn3C)CC2)c1. The van der Waals surface area contributed by atoms with E-state index in [-0.39, 0.29) is 17.9 Å². The molecule has 1 aliphatic rings. The molecule has 6 nitrogen and oxygen atoms in total. The first kappa shape index (κ1) is 21.1. The lowest BCUT2D eigenvalue weighted by Gasteiger charge is -2.35. The number of hydrogen-bond donors (Lipinski definition) is 1. The summed E-state index contributed by atoms with van der Waals surface area (Å²) in [7, 11) is 1.79. The van der Waals surface area contributed by atoms with Crippen LogP contribution in [-0.4, -0.2) is 45.6 Å². The Kier molecular flexibility index (Phi) is 6.72. The first-order chi connectivity index (χ1) is 13.8. The molecule has 1 fully saturated rings. The highest BCUT2D eigenvalue weighted by molar-refractivity contribution is 5.92. The number of benzene rings is 1. The number of amides is 2. The van der Waals surface area contributed by atoms with Crippen molar-refractivity contribution in [2.24, 2.45) is 13.0 Å². The van der Waals surface area contributed by atoms with E-state index >= 15 is 0 Å². The van der Waals surface area contributed by atoms with Gasteiger partial charge in [0.1, 0.15) is 5.69 Å². The van der Waals surface area contributed by atoms with Crippen LogP contribution in [0.4, 0.5) is 0 Å². The summed E-state index contributed by atoms with van der Waals surface area (Å²) >= 11 is 0. The third kappa shape index (κ3) is 5.25. The van der Waals surface area contributed by atoms with Gasteiger partial charge in [0.25, 0.3) is 5.91 Å². The van der Waals surface area contributed by atoms with E-state index in [1.165, 1.54) is 5.56 Å². The Morgan fingerprint density at radius 1 is 1.17 bits per heavy atom. The second kappa shape index (κ2) is 9.25. The number of nitrogens with one attached hydrogen (secondary N) is 1. The minimum Gasteiger partial charge on any atom is -0.353 e. The average Bonchev–Trinajstić information content (AvgIpc) is 3.13. The minimum absolute atomic E-state index is 0.0326. The quantitative estimate of drug-likeness (QED) is 0.816. The Morgan fingerprint density at radius 3 is 2.52 bits per heavy atom. The van der Waals surface area contributed by atoms with Crippen LogP contribution in [0.15, 0.2) is 36.5 Å². The van der Waals surface area contributed by atoms with E-state index in [0.29, 0.717) is 37.0 Å². The van der Waals surface area contributed by atoms with Gasteiger partial charge in [0, 0.05) is 32.4 Å². The van der Waals surface area contributed by atoms with E-state index in [0.717, 1.165) is 18.4 Å². The van der Waals surface area contributed by atoms with Crippen molar-refractivity contribution < 1.29 is 9.59 Å². The van der Waals surface area contributed by atoms with E-state index in [9.17, 15) is 9.59 Å². The van der Waals surface area contributed by atoms with Crippen LogP contribution in [0.5, 0.6) is 0 Å². The predicted molar refractivity (Wildman–Crippen MR) is 114 cm³/mol. The molecule has 1 aromatic heterocycles. The molecule has 1 aromatic carbocycles. The van der Waals surface area contributed by atoms with Crippen molar-refractivity contribution in [3.8, 4) is 0 Å². The van der Waals surface area contributed by atoms with Crippen LogP contribution in [0.1, 0.15) is 61.1 Å². The zero-order valence-corrected chi connectivity index (χ0v) is 17.9. The highest BCUT2D eigenvalue weighted by atomic mass is 16.2. The highest BCUT2D eigenvalue weighted by Gasteiger charge is 2.28. The number of aromatic nitrogens is 2. The molecule has 2 amide bonds. The standard InChI is InChI=1S/C23H32N4O2/c1-16(2)20-7-5-6-18(14-20)15-22(28)25-17(3)19-9-12-27(13-10-19)23(29)21-8-11-24-26(21)4/h5-8,11,14,16-17,19H,9-10,12-13,15H2,1-4H3,(H,25,28)/t17-/m1/s1. The molecule has 1 atom stereocenters. The molecule has 29 heavy (non-hydrogen) atoms. The first-order valence-corrected chi connectivity index (χ1v) is 10.5. The van der Waals surface area contributed by atoms with Crippen LogP contribution in [0.2, 0.25) is 0 Å². The van der Waals surface area contributed by atoms with Crippen molar-refractivity contribution in [1.29, 1.82) is 0 Å². The maximum absolute atomic E-state index is 12.6. The van der Waals surface area contributed by atoms with E-state index in [1.54, 1.807) is 24.0 Å². The maximum atomic E-state index is 12.6. The molecule has 6 heteroatoms. The normalized spacial score (nSPS) is 16.1. The van der Waals surface area contributed by atoms with Crippen LogP contribution < -0.4 is 5.32 Å². The smallest absolute Gasteiger partial charge is 0.272 e. The van der Waals surface area contributed by atoms with Crippen LogP contribution in [0.3, 0.4) is 0 Å². The number of piperidine rings is 1. The van der Waals surface area contributed by atoms with Crippen LogP contribution in [0, 0.1) is 5.92 Å². The molecule has 156 valence electrons. The first-order valence-electron chi connectivity index (χ1n) is 10.5. The maximum Gasteiger partial charge on any atom is 0.272 e. The lowest BCUT2D eigenvalue weighted by atomic mass is 9.90. The molecule has 2 aromatic rings. The number of nitrogens with zero attached hydrogens (tertiary/aromatic N) is 3. The molecule has 1 saturated heterocycles. The summed E-state index contributed by atoms with van der Waals surface area (Å²) in [5, 5.41) is 7.25. The summed E-state index contributed by atoms with van der Waals surface area (Å²) in [5.74, 6) is 0.935. The van der Waals surface area contributed by atoms with Crippen LogP contribution in [0.25, 0.3) is 0 Å². The third-order valence-electron chi connectivity index (χ3n) is 5.95. The number of aryl methyl sites for hydroxylation is 1. The van der Waals surface area contributed by atoms with E-state index in [2.05, 4.69) is 43.3 Å². The number of carbonyl (C=O) groups excluding carboxylic acids is 2. The molecule has 0 radical (unpaired) electrons. The van der Waals surface area contributed by atoms with Gasteiger partial charge < -0.3 is 10.2 Å². The van der Waals surface area contributed by atoms with Crippen molar-refractivity contribution >= 4 is 11.8 Å². The summed E-state index contributed by atoms with van der Waals surface area (Å²) in [5.41, 5.74) is 2.93. The Morgan fingerprint density at radius 2 is 1.90 bits per heavy atom. The molecule has 0 spiro atoms. The Bertz CT molecular complexity index is 850. The Hall–Kier alpha value is -2.63. The zero-order chi connectivity index (χ0) is 21.0. The zero-order valence-electron chi connectivity index (χ0n) is 17.9. The molecule has 0 aliphatic carbocycles. The molecular formula is C23H32N4O2. The number of rotatable bonds is 6. The second-order valence-electron chi connectivity index (χ2n) is 8.40. The summed E-state index contributed by atoms with van der Waals surface area (Å²) in [6.07, 6.45) is 3.85. The Labute approximate surface area is 173 Å². The lowest BCUT2D eigenvalue weighted by Crippen LogP contribution is -2.46. The predicted octanol–water partition coefficient (Wildman–Crippen LogP) is 3.14. The van der Waals surface area contributed by atoms with Crippen LogP contribution >= 0.6 is 0 Å². The number of carbonyl (C=O) groups is 2. The molecule has 1 N–H and O–H groups in total. The van der Waals surface area contributed by atoms with Crippen molar-refractivity contribution in [3.63, 3.8) is 0 Å². The van der Waals surface area contributed by atoms with Gasteiger partial charge in [0.2, 0.25) is 5.91 Å². The van der Waals surface area contributed by atoms with E-state index in [1.807, 2.05) is 17.0 Å². The topological polar surface area (TPSA) is 67.2 Å². The summed E-state index contributed by atoms with van der Waals surface area (Å²) < 4.78 is 1.62. The average molecular weight is 397 g/mol. The minimum atomic E-state index is 0.0326. The fraction of sp³-hybridized carbons (Fsp3) is 0.522. The van der Waals surface area contributed by atoms with Gasteiger partial charge in [-0.05, 0) is 48.8 Å². The number of likely N-dealkylation sites (tertiary alicyclic amines) is 1. The molecule has 0 bridgehead atoms. The van der Waals surface area contributed by atoms with Gasteiger partial charge in [-0.2, -0.15) is 5.10 Å². The van der Waals surface area contributed by atoms with Crippen molar-refractivity contribution in [3.05, 3.63) is 53.3 Å². The van der Waals surface area contributed by atoms with Gasteiger partial charge in [0.15, 0.2) is 0 Å². The molecule has 1 aliphatic heterocycles.